The summed E-state index contributed by atoms with van der Waals surface area (Å²) in [6.45, 7) is 2.39. The van der Waals surface area contributed by atoms with Crippen molar-refractivity contribution in [1.82, 2.24) is 5.43 Å². The van der Waals surface area contributed by atoms with Crippen LogP contribution in [0.3, 0.4) is 0 Å². The zero-order chi connectivity index (χ0) is 12.5. The lowest BCUT2D eigenvalue weighted by Crippen LogP contribution is -2.43. The Hall–Kier alpha value is -0.860. The van der Waals surface area contributed by atoms with Gasteiger partial charge in [0, 0.05) is 6.04 Å². The Balaban J connectivity index is 1.68. The number of hydrogen-bond acceptors (Lipinski definition) is 2. The molecule has 0 heterocycles. The fourth-order valence-electron chi connectivity index (χ4n) is 3.97. The van der Waals surface area contributed by atoms with Crippen LogP contribution >= 0.6 is 0 Å². The highest BCUT2D eigenvalue weighted by Crippen LogP contribution is 2.53. The first-order valence-corrected chi connectivity index (χ1v) is 7.32. The van der Waals surface area contributed by atoms with Gasteiger partial charge in [-0.25, -0.2) is 0 Å². The van der Waals surface area contributed by atoms with Gasteiger partial charge >= 0.3 is 0 Å². The molecule has 0 bridgehead atoms. The number of rotatable bonds is 4. The van der Waals surface area contributed by atoms with Crippen LogP contribution in [-0.4, -0.2) is 6.04 Å². The number of hydrogen-bond donors (Lipinski definition) is 2. The van der Waals surface area contributed by atoms with Crippen molar-refractivity contribution >= 4 is 0 Å². The Labute approximate surface area is 110 Å². The molecule has 3 rings (SSSR count). The van der Waals surface area contributed by atoms with Gasteiger partial charge in [0.2, 0.25) is 0 Å². The average molecular weight is 244 g/mol. The van der Waals surface area contributed by atoms with E-state index in [0.717, 1.165) is 23.7 Å². The molecule has 5 unspecified atom stereocenters. The van der Waals surface area contributed by atoms with Crippen molar-refractivity contribution in [2.24, 2.45) is 23.6 Å². The summed E-state index contributed by atoms with van der Waals surface area (Å²) in [4.78, 5) is 0. The quantitative estimate of drug-likeness (QED) is 0.631. The second-order valence-electron chi connectivity index (χ2n) is 6.18. The van der Waals surface area contributed by atoms with Gasteiger partial charge in [-0.15, -0.1) is 0 Å². The van der Waals surface area contributed by atoms with Crippen LogP contribution in [0.15, 0.2) is 30.3 Å². The van der Waals surface area contributed by atoms with E-state index in [2.05, 4.69) is 42.7 Å². The SMILES string of the molecule is CC1CCCC1C(NN)C1CC1c1ccccc1. The Kier molecular flexibility index (Phi) is 3.40. The first-order valence-electron chi connectivity index (χ1n) is 7.32. The van der Waals surface area contributed by atoms with Gasteiger partial charge in [0.25, 0.3) is 0 Å². The molecular formula is C16H24N2. The van der Waals surface area contributed by atoms with E-state index in [1.807, 2.05) is 0 Å². The van der Waals surface area contributed by atoms with Crippen molar-refractivity contribution in [2.45, 2.75) is 44.6 Å². The predicted molar refractivity (Wildman–Crippen MR) is 74.9 cm³/mol. The predicted octanol–water partition coefficient (Wildman–Crippen LogP) is 3.06. The van der Waals surface area contributed by atoms with Crippen LogP contribution in [0.1, 0.15) is 44.1 Å². The third kappa shape index (κ3) is 2.19. The molecule has 18 heavy (non-hydrogen) atoms. The molecule has 0 aliphatic heterocycles. The van der Waals surface area contributed by atoms with E-state index >= 15 is 0 Å². The fourth-order valence-corrected chi connectivity index (χ4v) is 3.97. The lowest BCUT2D eigenvalue weighted by Gasteiger charge is -2.26. The number of benzene rings is 1. The van der Waals surface area contributed by atoms with Gasteiger partial charge < -0.3 is 0 Å². The van der Waals surface area contributed by atoms with Crippen molar-refractivity contribution in [1.29, 1.82) is 0 Å². The molecule has 0 radical (unpaired) electrons. The van der Waals surface area contributed by atoms with Crippen LogP contribution in [-0.2, 0) is 0 Å². The maximum atomic E-state index is 5.85. The molecule has 2 nitrogen and oxygen atoms in total. The van der Waals surface area contributed by atoms with Gasteiger partial charge in [-0.05, 0) is 42.1 Å². The molecule has 3 N–H and O–H groups in total. The molecule has 2 fully saturated rings. The normalized spacial score (nSPS) is 36.6. The minimum atomic E-state index is 0.521. The summed E-state index contributed by atoms with van der Waals surface area (Å²) in [6, 6.07) is 11.4. The van der Waals surface area contributed by atoms with E-state index in [9.17, 15) is 0 Å². The van der Waals surface area contributed by atoms with Crippen LogP contribution in [0.4, 0.5) is 0 Å². The van der Waals surface area contributed by atoms with E-state index in [4.69, 9.17) is 5.84 Å². The minimum Gasteiger partial charge on any atom is -0.271 e. The van der Waals surface area contributed by atoms with Crippen molar-refractivity contribution in [3.8, 4) is 0 Å². The summed E-state index contributed by atoms with van der Waals surface area (Å²) in [5.41, 5.74) is 4.63. The van der Waals surface area contributed by atoms with E-state index < -0.39 is 0 Å². The Morgan fingerprint density at radius 2 is 1.94 bits per heavy atom. The van der Waals surface area contributed by atoms with Crippen molar-refractivity contribution in [3.63, 3.8) is 0 Å². The summed E-state index contributed by atoms with van der Waals surface area (Å²) in [7, 11) is 0. The summed E-state index contributed by atoms with van der Waals surface area (Å²) in [5.74, 6) is 8.96. The lowest BCUT2D eigenvalue weighted by atomic mass is 9.86. The van der Waals surface area contributed by atoms with Gasteiger partial charge in [-0.3, -0.25) is 11.3 Å². The molecule has 2 aliphatic carbocycles. The number of hydrazine groups is 1. The molecule has 98 valence electrons. The second-order valence-corrected chi connectivity index (χ2v) is 6.18. The maximum absolute atomic E-state index is 5.85. The summed E-state index contributed by atoms with van der Waals surface area (Å²) in [5, 5.41) is 0. The molecular weight excluding hydrogens is 220 g/mol. The number of nitrogens with two attached hydrogens (primary N) is 1. The third-order valence-corrected chi connectivity index (χ3v) is 5.11. The van der Waals surface area contributed by atoms with Gasteiger partial charge in [-0.2, -0.15) is 0 Å². The van der Waals surface area contributed by atoms with Crippen LogP contribution in [0.25, 0.3) is 0 Å². The Morgan fingerprint density at radius 3 is 2.56 bits per heavy atom. The van der Waals surface area contributed by atoms with Crippen LogP contribution in [0, 0.1) is 17.8 Å². The molecule has 0 amide bonds. The lowest BCUT2D eigenvalue weighted by molar-refractivity contribution is 0.271. The van der Waals surface area contributed by atoms with Gasteiger partial charge in [0.1, 0.15) is 0 Å². The van der Waals surface area contributed by atoms with Crippen molar-refractivity contribution in [3.05, 3.63) is 35.9 Å². The maximum Gasteiger partial charge on any atom is 0.0275 e. The monoisotopic (exact) mass is 244 g/mol. The molecule has 2 saturated carbocycles. The van der Waals surface area contributed by atoms with Crippen molar-refractivity contribution < 1.29 is 0 Å². The molecule has 2 aliphatic rings. The molecule has 1 aromatic rings. The molecule has 0 aromatic heterocycles. The zero-order valence-electron chi connectivity index (χ0n) is 11.2. The van der Waals surface area contributed by atoms with Gasteiger partial charge in [0.05, 0.1) is 0 Å². The average Bonchev–Trinajstić information content (AvgIpc) is 3.08. The Bertz CT molecular complexity index is 389. The van der Waals surface area contributed by atoms with E-state index in [0.29, 0.717) is 6.04 Å². The fraction of sp³-hybridized carbons (Fsp3) is 0.625. The summed E-state index contributed by atoms with van der Waals surface area (Å²) >= 11 is 0. The second kappa shape index (κ2) is 5.02. The highest BCUT2D eigenvalue weighted by Gasteiger charge is 2.47. The highest BCUT2D eigenvalue weighted by molar-refractivity contribution is 5.27. The Morgan fingerprint density at radius 1 is 1.17 bits per heavy atom. The molecule has 5 atom stereocenters. The van der Waals surface area contributed by atoms with Crippen molar-refractivity contribution in [2.75, 3.05) is 0 Å². The van der Waals surface area contributed by atoms with E-state index in [-0.39, 0.29) is 0 Å². The standard InChI is InChI=1S/C16H24N2/c1-11-6-5-9-13(11)16(18-17)15-10-14(15)12-7-3-2-4-8-12/h2-4,7-8,11,13-16,18H,5-6,9-10,17H2,1H3. The number of nitrogens with one attached hydrogen (secondary N) is 1. The molecule has 0 saturated heterocycles. The first-order chi connectivity index (χ1) is 8.81. The van der Waals surface area contributed by atoms with Crippen LogP contribution in [0.2, 0.25) is 0 Å². The summed E-state index contributed by atoms with van der Waals surface area (Å²) in [6.07, 6.45) is 5.43. The van der Waals surface area contributed by atoms with Crippen LogP contribution < -0.4 is 11.3 Å². The topological polar surface area (TPSA) is 38.0 Å². The smallest absolute Gasteiger partial charge is 0.0275 e. The van der Waals surface area contributed by atoms with E-state index in [1.165, 1.54) is 31.2 Å². The first kappa shape index (κ1) is 12.2. The third-order valence-electron chi connectivity index (χ3n) is 5.11. The molecule has 1 aromatic carbocycles. The molecule has 0 spiro atoms. The van der Waals surface area contributed by atoms with E-state index in [1.54, 1.807) is 0 Å². The summed E-state index contributed by atoms with van der Waals surface area (Å²) < 4.78 is 0. The largest absolute Gasteiger partial charge is 0.271 e. The highest BCUT2D eigenvalue weighted by atomic mass is 15.2. The van der Waals surface area contributed by atoms with Crippen LogP contribution in [0.5, 0.6) is 0 Å². The minimum absolute atomic E-state index is 0.521. The molecule has 2 heteroatoms. The zero-order valence-corrected chi connectivity index (χ0v) is 11.2. The van der Waals surface area contributed by atoms with Gasteiger partial charge in [0.15, 0.2) is 0 Å². The van der Waals surface area contributed by atoms with Gasteiger partial charge in [-0.1, -0.05) is 50.1 Å².